The topological polar surface area (TPSA) is 72.0 Å². The van der Waals surface area contributed by atoms with Gasteiger partial charge >= 0.3 is 0 Å². The van der Waals surface area contributed by atoms with Crippen LogP contribution in [0.5, 0.6) is 0 Å². The number of rotatable bonds is 2. The van der Waals surface area contributed by atoms with Crippen LogP contribution in [0, 0.1) is 6.92 Å². The van der Waals surface area contributed by atoms with Gasteiger partial charge in [0.2, 0.25) is 5.95 Å². The first-order valence-corrected chi connectivity index (χ1v) is 6.42. The number of aliphatic hydroxyl groups excluding tert-OH is 1. The number of aryl methyl sites for hydroxylation is 1. The van der Waals surface area contributed by atoms with Crippen LogP contribution in [0.2, 0.25) is 0 Å². The molecule has 4 heteroatoms. The number of nitrogens with two attached hydrogens (primary N) is 1. The Hall–Kier alpha value is -2.46. The van der Waals surface area contributed by atoms with Crippen LogP contribution in [0.4, 0.5) is 5.95 Å². The minimum Gasteiger partial charge on any atom is -0.392 e. The van der Waals surface area contributed by atoms with E-state index in [0.717, 1.165) is 33.3 Å². The molecule has 0 aliphatic heterocycles. The van der Waals surface area contributed by atoms with Gasteiger partial charge < -0.3 is 10.8 Å². The molecule has 0 fully saturated rings. The minimum absolute atomic E-state index is 0.00605. The van der Waals surface area contributed by atoms with E-state index in [1.165, 1.54) is 0 Å². The van der Waals surface area contributed by atoms with Crippen LogP contribution in [-0.4, -0.2) is 15.1 Å². The van der Waals surface area contributed by atoms with Gasteiger partial charge in [-0.3, -0.25) is 0 Å². The highest BCUT2D eigenvalue weighted by atomic mass is 16.3. The maximum absolute atomic E-state index is 9.56. The number of aromatic nitrogens is 2. The van der Waals surface area contributed by atoms with Gasteiger partial charge in [0.15, 0.2) is 0 Å². The van der Waals surface area contributed by atoms with Crippen molar-refractivity contribution in [3.05, 3.63) is 53.7 Å². The average molecular weight is 265 g/mol. The van der Waals surface area contributed by atoms with Gasteiger partial charge in [-0.1, -0.05) is 36.4 Å². The Morgan fingerprint density at radius 2 is 1.85 bits per heavy atom. The van der Waals surface area contributed by atoms with E-state index in [4.69, 9.17) is 5.73 Å². The molecule has 0 saturated carbocycles. The Balaban J connectivity index is 2.36. The van der Waals surface area contributed by atoms with E-state index in [1.54, 1.807) is 0 Å². The number of fused-ring (bicyclic) bond motifs is 1. The fourth-order valence-electron chi connectivity index (χ4n) is 2.49. The van der Waals surface area contributed by atoms with E-state index in [-0.39, 0.29) is 12.6 Å². The Labute approximate surface area is 116 Å². The largest absolute Gasteiger partial charge is 0.392 e. The Kier molecular flexibility index (Phi) is 3.08. The van der Waals surface area contributed by atoms with E-state index in [2.05, 4.69) is 9.97 Å². The van der Waals surface area contributed by atoms with Gasteiger partial charge in [0.25, 0.3) is 0 Å². The fraction of sp³-hybridized carbons (Fsp3) is 0.125. The van der Waals surface area contributed by atoms with Crippen LogP contribution in [0.3, 0.4) is 0 Å². The Morgan fingerprint density at radius 1 is 1.10 bits per heavy atom. The molecule has 3 rings (SSSR count). The van der Waals surface area contributed by atoms with E-state index in [9.17, 15) is 5.11 Å². The second-order valence-corrected chi connectivity index (χ2v) is 4.73. The Morgan fingerprint density at radius 3 is 2.55 bits per heavy atom. The second-order valence-electron chi connectivity index (χ2n) is 4.73. The van der Waals surface area contributed by atoms with E-state index in [1.807, 2.05) is 49.4 Å². The standard InChI is InChI=1S/C16H15N3O/c1-10-8-14(19-16(17)18-10)13-7-3-5-11-4-2-6-12(9-20)15(11)13/h2-8,20H,9H2,1H3,(H2,17,18,19). The third-order valence-corrected chi connectivity index (χ3v) is 3.31. The van der Waals surface area contributed by atoms with Crippen molar-refractivity contribution in [2.45, 2.75) is 13.5 Å². The van der Waals surface area contributed by atoms with Crippen molar-refractivity contribution in [2.24, 2.45) is 0 Å². The normalized spacial score (nSPS) is 10.9. The van der Waals surface area contributed by atoms with Crippen LogP contribution >= 0.6 is 0 Å². The molecule has 1 aromatic heterocycles. The number of hydrogen-bond donors (Lipinski definition) is 2. The third kappa shape index (κ3) is 2.10. The molecule has 0 bridgehead atoms. The van der Waals surface area contributed by atoms with Crippen molar-refractivity contribution in [3.8, 4) is 11.3 Å². The summed E-state index contributed by atoms with van der Waals surface area (Å²) in [5.74, 6) is 0.262. The number of hydrogen-bond acceptors (Lipinski definition) is 4. The maximum Gasteiger partial charge on any atom is 0.220 e. The van der Waals surface area contributed by atoms with Crippen molar-refractivity contribution < 1.29 is 5.11 Å². The predicted molar refractivity (Wildman–Crippen MR) is 80.0 cm³/mol. The Bertz CT molecular complexity index is 758. The molecule has 3 N–H and O–H groups in total. The summed E-state index contributed by atoms with van der Waals surface area (Å²) >= 11 is 0. The summed E-state index contributed by atoms with van der Waals surface area (Å²) < 4.78 is 0. The van der Waals surface area contributed by atoms with Gasteiger partial charge in [-0.25, -0.2) is 9.97 Å². The molecule has 0 saturated heterocycles. The van der Waals surface area contributed by atoms with Gasteiger partial charge in [-0.05, 0) is 29.3 Å². The van der Waals surface area contributed by atoms with Crippen molar-refractivity contribution in [1.29, 1.82) is 0 Å². The third-order valence-electron chi connectivity index (χ3n) is 3.31. The molecule has 20 heavy (non-hydrogen) atoms. The van der Waals surface area contributed by atoms with Gasteiger partial charge in [0.05, 0.1) is 12.3 Å². The molecule has 0 radical (unpaired) electrons. The first kappa shape index (κ1) is 12.6. The van der Waals surface area contributed by atoms with E-state index < -0.39 is 0 Å². The fourth-order valence-corrected chi connectivity index (χ4v) is 2.49. The lowest BCUT2D eigenvalue weighted by molar-refractivity contribution is 0.283. The van der Waals surface area contributed by atoms with Crippen LogP contribution < -0.4 is 5.73 Å². The highest BCUT2D eigenvalue weighted by molar-refractivity contribution is 5.98. The molecule has 3 aromatic rings. The number of benzene rings is 2. The number of anilines is 1. The monoisotopic (exact) mass is 265 g/mol. The van der Waals surface area contributed by atoms with Gasteiger partial charge in [-0.15, -0.1) is 0 Å². The van der Waals surface area contributed by atoms with E-state index >= 15 is 0 Å². The molecule has 1 heterocycles. The molecule has 100 valence electrons. The summed E-state index contributed by atoms with van der Waals surface area (Å²) in [5.41, 5.74) is 9.19. The van der Waals surface area contributed by atoms with Gasteiger partial charge in [0.1, 0.15) is 0 Å². The first-order valence-electron chi connectivity index (χ1n) is 6.42. The number of nitrogens with zero attached hydrogens (tertiary/aromatic N) is 2. The van der Waals surface area contributed by atoms with Crippen LogP contribution in [0.15, 0.2) is 42.5 Å². The molecule has 0 aliphatic rings. The lowest BCUT2D eigenvalue weighted by atomic mass is 9.97. The summed E-state index contributed by atoms with van der Waals surface area (Å²) in [4.78, 5) is 8.41. The summed E-state index contributed by atoms with van der Waals surface area (Å²) in [6.07, 6.45) is 0. The highest BCUT2D eigenvalue weighted by Gasteiger charge is 2.10. The molecule has 0 unspecified atom stereocenters. The van der Waals surface area contributed by atoms with Crippen LogP contribution in [0.25, 0.3) is 22.0 Å². The summed E-state index contributed by atoms with van der Waals surface area (Å²) in [7, 11) is 0. The SMILES string of the molecule is Cc1cc(-c2cccc3cccc(CO)c23)nc(N)n1. The molecule has 0 aliphatic carbocycles. The second kappa shape index (κ2) is 4.90. The maximum atomic E-state index is 9.56. The van der Waals surface area contributed by atoms with E-state index in [0.29, 0.717) is 0 Å². The lowest BCUT2D eigenvalue weighted by Crippen LogP contribution is -1.99. The molecule has 0 spiro atoms. The molecule has 0 amide bonds. The van der Waals surface area contributed by atoms with Crippen LogP contribution in [-0.2, 0) is 6.61 Å². The van der Waals surface area contributed by atoms with Crippen molar-refractivity contribution >= 4 is 16.7 Å². The molecular weight excluding hydrogens is 250 g/mol. The van der Waals surface area contributed by atoms with Crippen LogP contribution in [0.1, 0.15) is 11.3 Å². The molecule has 4 nitrogen and oxygen atoms in total. The molecule has 2 aromatic carbocycles. The zero-order valence-corrected chi connectivity index (χ0v) is 11.2. The minimum atomic E-state index is -0.00605. The quantitative estimate of drug-likeness (QED) is 0.747. The first-order chi connectivity index (χ1) is 9.69. The van der Waals surface area contributed by atoms with Gasteiger partial charge in [-0.2, -0.15) is 0 Å². The molecular formula is C16H15N3O. The van der Waals surface area contributed by atoms with Crippen molar-refractivity contribution in [1.82, 2.24) is 9.97 Å². The smallest absolute Gasteiger partial charge is 0.220 e. The van der Waals surface area contributed by atoms with Gasteiger partial charge in [0, 0.05) is 11.3 Å². The zero-order valence-electron chi connectivity index (χ0n) is 11.2. The van der Waals surface area contributed by atoms with Crippen molar-refractivity contribution in [3.63, 3.8) is 0 Å². The highest BCUT2D eigenvalue weighted by Crippen LogP contribution is 2.30. The van der Waals surface area contributed by atoms with Crippen molar-refractivity contribution in [2.75, 3.05) is 5.73 Å². The summed E-state index contributed by atoms with van der Waals surface area (Å²) in [6, 6.07) is 13.8. The average Bonchev–Trinajstić information content (AvgIpc) is 2.45. The lowest BCUT2D eigenvalue weighted by Gasteiger charge is -2.10. The summed E-state index contributed by atoms with van der Waals surface area (Å²) in [6.45, 7) is 1.88. The predicted octanol–water partition coefficient (Wildman–Crippen LogP) is 2.68. The number of aliphatic hydroxyl groups is 1. The number of nitrogen functional groups attached to an aromatic ring is 1. The summed E-state index contributed by atoms with van der Waals surface area (Å²) in [5, 5.41) is 11.6. The molecule has 0 atom stereocenters. The zero-order chi connectivity index (χ0) is 14.1.